The third kappa shape index (κ3) is 1.61. The number of benzene rings is 1. The Morgan fingerprint density at radius 2 is 2.21 bits per heavy atom. The van der Waals surface area contributed by atoms with Gasteiger partial charge >= 0.3 is 5.97 Å². The minimum absolute atomic E-state index is 0.285. The summed E-state index contributed by atoms with van der Waals surface area (Å²) in [6.07, 6.45) is 0. The molecule has 1 aromatic rings. The molecular formula is C11H8O2S. The Morgan fingerprint density at radius 3 is 3.00 bits per heavy atom. The van der Waals surface area contributed by atoms with E-state index >= 15 is 0 Å². The lowest BCUT2D eigenvalue weighted by Crippen LogP contribution is -2.19. The number of carbonyl (C=O) groups is 1. The third-order valence-electron chi connectivity index (χ3n) is 1.82. The summed E-state index contributed by atoms with van der Waals surface area (Å²) in [6, 6.07) is 7.40. The summed E-state index contributed by atoms with van der Waals surface area (Å²) in [4.78, 5) is 12.4. The van der Waals surface area contributed by atoms with E-state index in [1.165, 1.54) is 11.8 Å². The highest BCUT2D eigenvalue weighted by Crippen LogP contribution is 2.32. The molecule has 0 fully saturated rings. The molecule has 0 saturated carbocycles. The highest BCUT2D eigenvalue weighted by molar-refractivity contribution is 8.00. The standard InChI is InChI=1S/C11H8O2S/c1-2-5-10-13-11(12)8-6-3-4-7-9(8)14-10/h3-4,6-7,10H,1H3. The second-order valence-corrected chi connectivity index (χ2v) is 3.85. The first kappa shape index (κ1) is 9.17. The van der Waals surface area contributed by atoms with E-state index < -0.39 is 0 Å². The summed E-state index contributed by atoms with van der Waals surface area (Å²) in [5.74, 6) is 5.28. The van der Waals surface area contributed by atoms with E-state index in [1.54, 1.807) is 13.0 Å². The largest absolute Gasteiger partial charge is 0.435 e. The highest BCUT2D eigenvalue weighted by atomic mass is 32.2. The lowest BCUT2D eigenvalue weighted by atomic mass is 10.2. The number of esters is 1. The van der Waals surface area contributed by atoms with Gasteiger partial charge < -0.3 is 4.74 Å². The van der Waals surface area contributed by atoms with E-state index in [4.69, 9.17) is 4.74 Å². The maximum absolute atomic E-state index is 11.5. The van der Waals surface area contributed by atoms with E-state index in [0.29, 0.717) is 5.56 Å². The van der Waals surface area contributed by atoms with Crippen LogP contribution in [-0.2, 0) is 4.74 Å². The molecule has 0 saturated heterocycles. The number of hydrogen-bond donors (Lipinski definition) is 0. The molecule has 0 aromatic heterocycles. The lowest BCUT2D eigenvalue weighted by Gasteiger charge is -2.19. The highest BCUT2D eigenvalue weighted by Gasteiger charge is 2.24. The average molecular weight is 204 g/mol. The first-order valence-electron chi connectivity index (χ1n) is 4.20. The van der Waals surface area contributed by atoms with Gasteiger partial charge in [0.05, 0.1) is 5.56 Å². The molecule has 1 atom stereocenters. The first-order chi connectivity index (χ1) is 6.81. The van der Waals surface area contributed by atoms with Crippen LogP contribution in [0.2, 0.25) is 0 Å². The van der Waals surface area contributed by atoms with Gasteiger partial charge in [-0.05, 0) is 25.0 Å². The molecule has 1 unspecified atom stereocenters. The summed E-state index contributed by atoms with van der Waals surface area (Å²) in [5, 5.41) is 0. The Bertz CT molecular complexity index is 428. The molecule has 0 radical (unpaired) electrons. The number of rotatable bonds is 0. The zero-order chi connectivity index (χ0) is 9.97. The topological polar surface area (TPSA) is 26.3 Å². The van der Waals surface area contributed by atoms with Gasteiger partial charge in [0.1, 0.15) is 0 Å². The Labute approximate surface area is 86.6 Å². The van der Waals surface area contributed by atoms with Crippen molar-refractivity contribution >= 4 is 17.7 Å². The van der Waals surface area contributed by atoms with E-state index in [-0.39, 0.29) is 11.4 Å². The van der Waals surface area contributed by atoms with Crippen molar-refractivity contribution in [3.05, 3.63) is 29.8 Å². The lowest BCUT2D eigenvalue weighted by molar-refractivity contribution is 0.0505. The minimum atomic E-state index is -0.359. The Hall–Kier alpha value is -1.40. The van der Waals surface area contributed by atoms with Crippen molar-refractivity contribution in [1.29, 1.82) is 0 Å². The summed E-state index contributed by atoms with van der Waals surface area (Å²) in [5.41, 5.74) is 0.272. The molecule has 14 heavy (non-hydrogen) atoms. The van der Waals surface area contributed by atoms with Crippen LogP contribution in [0.4, 0.5) is 0 Å². The second kappa shape index (κ2) is 3.77. The number of fused-ring (bicyclic) bond motifs is 1. The van der Waals surface area contributed by atoms with Crippen LogP contribution in [0.1, 0.15) is 17.3 Å². The summed E-state index contributed by atoms with van der Waals surface area (Å²) < 4.78 is 5.10. The molecule has 0 aliphatic carbocycles. The number of cyclic esters (lactones) is 1. The van der Waals surface area contributed by atoms with Gasteiger partial charge in [0.25, 0.3) is 0 Å². The fourth-order valence-corrected chi connectivity index (χ4v) is 2.19. The van der Waals surface area contributed by atoms with Crippen LogP contribution in [-0.4, -0.2) is 11.4 Å². The average Bonchev–Trinajstić information content (AvgIpc) is 2.18. The van der Waals surface area contributed by atoms with Crippen LogP contribution in [0, 0.1) is 11.8 Å². The molecule has 0 bridgehead atoms. The zero-order valence-electron chi connectivity index (χ0n) is 7.61. The number of hydrogen-bond acceptors (Lipinski definition) is 3. The van der Waals surface area contributed by atoms with Gasteiger partial charge in [-0.3, -0.25) is 0 Å². The van der Waals surface area contributed by atoms with Gasteiger partial charge in [-0.2, -0.15) is 0 Å². The summed E-state index contributed by atoms with van der Waals surface area (Å²) in [6.45, 7) is 1.73. The van der Waals surface area contributed by atoms with Crippen LogP contribution < -0.4 is 0 Å². The van der Waals surface area contributed by atoms with Gasteiger partial charge in [0, 0.05) is 4.90 Å². The molecule has 0 spiro atoms. The predicted molar refractivity (Wildman–Crippen MR) is 55.0 cm³/mol. The number of carbonyl (C=O) groups excluding carboxylic acids is 1. The molecule has 1 aliphatic rings. The van der Waals surface area contributed by atoms with Crippen molar-refractivity contribution in [2.45, 2.75) is 17.3 Å². The maximum atomic E-state index is 11.5. The number of thioether (sulfide) groups is 1. The fourth-order valence-electron chi connectivity index (χ4n) is 1.21. The Balaban J connectivity index is 2.36. The summed E-state index contributed by atoms with van der Waals surface area (Å²) >= 11 is 1.47. The molecule has 0 amide bonds. The normalized spacial score (nSPS) is 18.9. The smallest absolute Gasteiger partial charge is 0.341 e. The predicted octanol–water partition coefficient (Wildman–Crippen LogP) is 2.30. The van der Waals surface area contributed by atoms with E-state index in [9.17, 15) is 4.79 Å². The van der Waals surface area contributed by atoms with Gasteiger partial charge in [-0.15, -0.1) is 5.92 Å². The van der Waals surface area contributed by atoms with Crippen LogP contribution in [0.15, 0.2) is 29.2 Å². The Kier molecular flexibility index (Phi) is 2.47. The van der Waals surface area contributed by atoms with Gasteiger partial charge in [0.2, 0.25) is 5.44 Å². The second-order valence-electron chi connectivity index (χ2n) is 2.75. The van der Waals surface area contributed by atoms with Crippen LogP contribution in [0.5, 0.6) is 0 Å². The monoisotopic (exact) mass is 204 g/mol. The minimum Gasteiger partial charge on any atom is -0.435 e. The third-order valence-corrected chi connectivity index (χ3v) is 2.86. The Morgan fingerprint density at radius 1 is 1.43 bits per heavy atom. The van der Waals surface area contributed by atoms with Crippen molar-refractivity contribution in [3.63, 3.8) is 0 Å². The molecular weight excluding hydrogens is 196 g/mol. The molecule has 0 N–H and O–H groups in total. The molecule has 1 heterocycles. The van der Waals surface area contributed by atoms with Crippen LogP contribution in [0.25, 0.3) is 0 Å². The fraction of sp³-hybridized carbons (Fsp3) is 0.182. The number of ether oxygens (including phenoxy) is 1. The molecule has 3 heteroatoms. The molecule has 2 rings (SSSR count). The molecule has 1 aromatic carbocycles. The van der Waals surface area contributed by atoms with Crippen molar-refractivity contribution in [1.82, 2.24) is 0 Å². The van der Waals surface area contributed by atoms with Gasteiger partial charge in [-0.25, -0.2) is 4.79 Å². The van der Waals surface area contributed by atoms with E-state index in [1.807, 2.05) is 18.2 Å². The van der Waals surface area contributed by atoms with Gasteiger partial charge in [0.15, 0.2) is 0 Å². The van der Waals surface area contributed by atoms with Crippen LogP contribution in [0.3, 0.4) is 0 Å². The van der Waals surface area contributed by atoms with E-state index in [0.717, 1.165) is 4.90 Å². The molecule has 1 aliphatic heterocycles. The molecule has 70 valence electrons. The SMILES string of the molecule is CC#CC1OC(=O)c2ccccc2S1. The van der Waals surface area contributed by atoms with Crippen molar-refractivity contribution in [2.75, 3.05) is 0 Å². The first-order valence-corrected chi connectivity index (χ1v) is 5.08. The molecule has 2 nitrogen and oxygen atoms in total. The van der Waals surface area contributed by atoms with Crippen molar-refractivity contribution < 1.29 is 9.53 Å². The zero-order valence-corrected chi connectivity index (χ0v) is 8.43. The maximum Gasteiger partial charge on any atom is 0.341 e. The van der Waals surface area contributed by atoms with Crippen molar-refractivity contribution in [3.8, 4) is 11.8 Å². The van der Waals surface area contributed by atoms with E-state index in [2.05, 4.69) is 11.8 Å². The van der Waals surface area contributed by atoms with Crippen molar-refractivity contribution in [2.24, 2.45) is 0 Å². The van der Waals surface area contributed by atoms with Crippen LogP contribution >= 0.6 is 11.8 Å². The summed E-state index contributed by atoms with van der Waals surface area (Å²) in [7, 11) is 0. The van der Waals surface area contributed by atoms with Gasteiger partial charge in [-0.1, -0.05) is 23.9 Å². The quantitative estimate of drug-likeness (QED) is 0.479.